The summed E-state index contributed by atoms with van der Waals surface area (Å²) in [7, 11) is 0. The predicted octanol–water partition coefficient (Wildman–Crippen LogP) is 1.80. The summed E-state index contributed by atoms with van der Waals surface area (Å²) in [5, 5.41) is 8.65. The van der Waals surface area contributed by atoms with Crippen molar-refractivity contribution in [1.82, 2.24) is 0 Å². The van der Waals surface area contributed by atoms with E-state index in [4.69, 9.17) is 9.47 Å². The van der Waals surface area contributed by atoms with Gasteiger partial charge in [0.15, 0.2) is 0 Å². The SMILES string of the molecule is C1CCOC1.C1CCOC1.CCC[N-]c1ccccc1.CCC[N-]c1ccccc1.[F-].[F-].[Zr+4]. The molecule has 2 aromatic carbocycles. The van der Waals surface area contributed by atoms with E-state index in [0.717, 1.165) is 63.7 Å². The molecule has 4 nitrogen and oxygen atoms in total. The molecule has 4 rings (SSSR count). The first-order chi connectivity index (χ1) is 14.9. The third-order valence-corrected chi connectivity index (χ3v) is 4.20. The second kappa shape index (κ2) is 28.7. The van der Waals surface area contributed by atoms with Crippen LogP contribution in [-0.4, -0.2) is 39.5 Å². The van der Waals surface area contributed by atoms with Crippen LogP contribution in [-0.2, 0) is 35.7 Å². The van der Waals surface area contributed by atoms with E-state index in [1.54, 1.807) is 0 Å². The summed E-state index contributed by atoms with van der Waals surface area (Å²) in [6.07, 6.45) is 7.35. The normalized spacial score (nSPS) is 12.9. The average Bonchev–Trinajstić information content (AvgIpc) is 3.57. The van der Waals surface area contributed by atoms with Gasteiger partial charge in [0.1, 0.15) is 0 Å². The number of rotatable bonds is 6. The Kier molecular flexibility index (Phi) is 31.6. The number of hydrogen-bond donors (Lipinski definition) is 0. The molecule has 33 heavy (non-hydrogen) atoms. The number of halogens is 2. The maximum Gasteiger partial charge on any atom is 4.00 e. The summed E-state index contributed by atoms with van der Waals surface area (Å²) >= 11 is 0. The first-order valence-corrected chi connectivity index (χ1v) is 11.5. The van der Waals surface area contributed by atoms with Crippen molar-refractivity contribution in [2.75, 3.05) is 39.5 Å². The molecule has 2 aromatic rings. The van der Waals surface area contributed by atoms with Crippen molar-refractivity contribution in [1.29, 1.82) is 0 Å². The molecule has 0 atom stereocenters. The Labute approximate surface area is 219 Å². The van der Waals surface area contributed by atoms with Crippen molar-refractivity contribution in [2.24, 2.45) is 0 Å². The molecule has 2 fully saturated rings. The van der Waals surface area contributed by atoms with Gasteiger partial charge in [-0.2, -0.15) is 0 Å². The summed E-state index contributed by atoms with van der Waals surface area (Å²) in [6.45, 7) is 10.1. The number of nitrogens with zero attached hydrogens (tertiary/aromatic N) is 2. The first-order valence-electron chi connectivity index (χ1n) is 11.5. The minimum absolute atomic E-state index is 0. The Morgan fingerprint density at radius 2 is 0.879 bits per heavy atom. The molecule has 0 spiro atoms. The van der Waals surface area contributed by atoms with Gasteiger partial charge in [-0.05, 0) is 25.7 Å². The monoisotopic (exact) mass is 540 g/mol. The molecule has 0 bridgehead atoms. The third-order valence-electron chi connectivity index (χ3n) is 4.20. The summed E-state index contributed by atoms with van der Waals surface area (Å²) < 4.78 is 9.89. The molecular formula is C26H40F2N2O2Zr. The van der Waals surface area contributed by atoms with Crippen LogP contribution in [0.1, 0.15) is 52.4 Å². The van der Waals surface area contributed by atoms with E-state index >= 15 is 0 Å². The van der Waals surface area contributed by atoms with Crippen LogP contribution in [0.15, 0.2) is 60.7 Å². The van der Waals surface area contributed by atoms with Crippen LogP contribution in [0.3, 0.4) is 0 Å². The standard InChI is InChI=1S/2C9H12N.2C4H8O.2FH.Zr/c2*1-2-8-10-9-6-4-3-5-7-9;2*1-2-4-5-3-1;;;/h2*3-7H,2,8H2,1H3;2*1-4H2;2*1H;/q2*-1;;;;;+4/p-2. The zero-order chi connectivity index (χ0) is 21.5. The van der Waals surface area contributed by atoms with Gasteiger partial charge >= 0.3 is 26.2 Å². The Morgan fingerprint density at radius 1 is 0.576 bits per heavy atom. The smallest absolute Gasteiger partial charge is 1.00 e. The van der Waals surface area contributed by atoms with E-state index in [2.05, 4.69) is 24.5 Å². The molecular weight excluding hydrogens is 502 g/mol. The molecule has 2 saturated heterocycles. The van der Waals surface area contributed by atoms with Crippen LogP contribution in [0.4, 0.5) is 11.4 Å². The molecule has 2 heterocycles. The van der Waals surface area contributed by atoms with E-state index in [1.165, 1.54) is 25.7 Å². The van der Waals surface area contributed by atoms with Crippen LogP contribution in [0.2, 0.25) is 0 Å². The number of benzene rings is 2. The van der Waals surface area contributed by atoms with Gasteiger partial charge in [0, 0.05) is 26.4 Å². The first kappa shape index (κ1) is 36.3. The van der Waals surface area contributed by atoms with Gasteiger partial charge in [-0.15, -0.1) is 24.5 Å². The summed E-state index contributed by atoms with van der Waals surface area (Å²) in [5.74, 6) is 0. The number of hydrogen-bond acceptors (Lipinski definition) is 2. The molecule has 7 heteroatoms. The quantitative estimate of drug-likeness (QED) is 0.560. The van der Waals surface area contributed by atoms with Gasteiger partial charge in [-0.25, -0.2) is 0 Å². The predicted molar refractivity (Wildman–Crippen MR) is 129 cm³/mol. The average molecular weight is 542 g/mol. The van der Waals surface area contributed by atoms with E-state index < -0.39 is 0 Å². The van der Waals surface area contributed by atoms with Gasteiger partial charge in [0.05, 0.1) is 0 Å². The molecule has 2 aliphatic heterocycles. The maximum atomic E-state index is 4.94. The van der Waals surface area contributed by atoms with Crippen molar-refractivity contribution in [3.63, 3.8) is 0 Å². The van der Waals surface area contributed by atoms with Gasteiger partial charge in [-0.1, -0.05) is 87.4 Å². The van der Waals surface area contributed by atoms with E-state index in [-0.39, 0.29) is 35.6 Å². The summed E-state index contributed by atoms with van der Waals surface area (Å²) in [4.78, 5) is 0. The number of ether oxygens (including phenoxy) is 2. The fourth-order valence-electron chi connectivity index (χ4n) is 2.57. The molecule has 0 amide bonds. The molecule has 0 unspecified atom stereocenters. The van der Waals surface area contributed by atoms with Gasteiger partial charge in [0.25, 0.3) is 0 Å². The molecule has 0 radical (unpaired) electrons. The zero-order valence-corrected chi connectivity index (χ0v) is 22.7. The van der Waals surface area contributed by atoms with Crippen molar-refractivity contribution < 1.29 is 45.1 Å². The van der Waals surface area contributed by atoms with Crippen molar-refractivity contribution in [3.8, 4) is 0 Å². The second-order valence-corrected chi connectivity index (χ2v) is 7.07. The van der Waals surface area contributed by atoms with E-state index in [0.29, 0.717) is 0 Å². The molecule has 0 aliphatic carbocycles. The molecule has 0 aromatic heterocycles. The Balaban J connectivity index is -0.000000368. The van der Waals surface area contributed by atoms with Crippen LogP contribution >= 0.6 is 0 Å². The van der Waals surface area contributed by atoms with Crippen molar-refractivity contribution >= 4 is 11.4 Å². The Morgan fingerprint density at radius 3 is 1.09 bits per heavy atom. The van der Waals surface area contributed by atoms with E-state index in [9.17, 15) is 0 Å². The third kappa shape index (κ3) is 23.7. The van der Waals surface area contributed by atoms with Gasteiger partial charge < -0.3 is 29.5 Å². The topological polar surface area (TPSA) is 46.7 Å². The van der Waals surface area contributed by atoms with Crippen molar-refractivity contribution in [3.05, 3.63) is 71.3 Å². The summed E-state index contributed by atoms with van der Waals surface area (Å²) in [5.41, 5.74) is 2.17. The number of para-hydroxylation sites is 2. The van der Waals surface area contributed by atoms with Gasteiger partial charge in [0.2, 0.25) is 0 Å². The van der Waals surface area contributed by atoms with Crippen LogP contribution < -0.4 is 9.41 Å². The van der Waals surface area contributed by atoms with Crippen molar-refractivity contribution in [2.45, 2.75) is 52.4 Å². The van der Waals surface area contributed by atoms with Gasteiger partial charge in [-0.3, -0.25) is 0 Å². The minimum atomic E-state index is 0. The molecule has 0 saturated carbocycles. The fraction of sp³-hybridized carbons (Fsp3) is 0.538. The van der Waals surface area contributed by atoms with E-state index in [1.807, 2.05) is 60.7 Å². The molecule has 184 valence electrons. The summed E-state index contributed by atoms with van der Waals surface area (Å²) in [6, 6.07) is 20.1. The van der Waals surface area contributed by atoms with Crippen LogP contribution in [0.5, 0.6) is 0 Å². The fourth-order valence-corrected chi connectivity index (χ4v) is 2.57. The molecule has 0 N–H and O–H groups in total. The zero-order valence-electron chi connectivity index (χ0n) is 20.2. The maximum absolute atomic E-state index is 4.94. The van der Waals surface area contributed by atoms with Crippen LogP contribution in [0, 0.1) is 0 Å². The Bertz CT molecular complexity index is 519. The minimum Gasteiger partial charge on any atom is -1.00 e. The Hall–Kier alpha value is -1.30. The second-order valence-electron chi connectivity index (χ2n) is 7.07. The molecule has 2 aliphatic rings. The largest absolute Gasteiger partial charge is 4.00 e. The van der Waals surface area contributed by atoms with Crippen LogP contribution in [0.25, 0.3) is 10.6 Å².